The first-order chi connectivity index (χ1) is 6.74. The van der Waals surface area contributed by atoms with Crippen LogP contribution < -0.4 is 10.6 Å². The molecule has 15 heavy (non-hydrogen) atoms. The Kier molecular flexibility index (Phi) is 7.74. The van der Waals surface area contributed by atoms with Crippen molar-refractivity contribution >= 4 is 18.3 Å². The quantitative estimate of drug-likeness (QED) is 0.750. The van der Waals surface area contributed by atoms with Crippen molar-refractivity contribution in [2.45, 2.75) is 25.8 Å². The zero-order valence-corrected chi connectivity index (χ0v) is 10.2. The maximum absolute atomic E-state index is 11.7. The predicted molar refractivity (Wildman–Crippen MR) is 62.3 cm³/mol. The molecule has 1 heterocycles. The predicted octanol–water partition coefficient (Wildman–Crippen LogP) is 0.559. The van der Waals surface area contributed by atoms with E-state index in [2.05, 4.69) is 10.6 Å². The van der Waals surface area contributed by atoms with Gasteiger partial charge >= 0.3 is 0 Å². The summed E-state index contributed by atoms with van der Waals surface area (Å²) in [6, 6.07) is 0.106. The maximum atomic E-state index is 11.7. The molecule has 1 aliphatic rings. The Morgan fingerprint density at radius 1 is 1.67 bits per heavy atom. The largest absolute Gasteiger partial charge is 0.383 e. The first kappa shape index (κ1) is 14.7. The molecule has 1 rings (SSSR count). The smallest absolute Gasteiger partial charge is 0.224 e. The number of methoxy groups -OCH3 is 1. The van der Waals surface area contributed by atoms with E-state index in [1.807, 2.05) is 6.92 Å². The van der Waals surface area contributed by atoms with Crippen LogP contribution in [-0.2, 0) is 9.53 Å². The molecule has 1 fully saturated rings. The van der Waals surface area contributed by atoms with Crippen molar-refractivity contribution in [1.82, 2.24) is 10.6 Å². The van der Waals surface area contributed by atoms with Crippen molar-refractivity contribution in [3.05, 3.63) is 0 Å². The van der Waals surface area contributed by atoms with E-state index in [1.54, 1.807) is 7.11 Å². The van der Waals surface area contributed by atoms with Gasteiger partial charge in [-0.1, -0.05) is 0 Å². The molecular weight excluding hydrogens is 216 g/mol. The van der Waals surface area contributed by atoms with Crippen molar-refractivity contribution in [3.63, 3.8) is 0 Å². The summed E-state index contributed by atoms with van der Waals surface area (Å²) in [5.74, 6) is 0.296. The average molecular weight is 237 g/mol. The van der Waals surface area contributed by atoms with Gasteiger partial charge in [-0.15, -0.1) is 12.4 Å². The second-order valence-electron chi connectivity index (χ2n) is 3.91. The number of ether oxygens (including phenoxy) is 1. The molecule has 0 spiro atoms. The van der Waals surface area contributed by atoms with Crippen molar-refractivity contribution in [3.8, 4) is 0 Å². The summed E-state index contributed by atoms with van der Waals surface area (Å²) in [5, 5.41) is 6.18. The molecule has 0 aromatic rings. The Balaban J connectivity index is 0.00000196. The highest BCUT2D eigenvalue weighted by Crippen LogP contribution is 2.09. The molecule has 0 bridgehead atoms. The van der Waals surface area contributed by atoms with Crippen molar-refractivity contribution in [2.24, 2.45) is 5.92 Å². The highest BCUT2D eigenvalue weighted by atomic mass is 35.5. The molecule has 5 heteroatoms. The fourth-order valence-electron chi connectivity index (χ4n) is 1.73. The van der Waals surface area contributed by atoms with Crippen molar-refractivity contribution in [2.75, 3.05) is 26.8 Å². The van der Waals surface area contributed by atoms with E-state index >= 15 is 0 Å². The molecule has 0 aromatic heterocycles. The number of hydrogen-bond acceptors (Lipinski definition) is 3. The van der Waals surface area contributed by atoms with E-state index in [-0.39, 0.29) is 30.3 Å². The molecule has 1 aliphatic heterocycles. The monoisotopic (exact) mass is 236 g/mol. The fraction of sp³-hybridized carbons (Fsp3) is 0.900. The van der Waals surface area contributed by atoms with Gasteiger partial charge in [-0.2, -0.15) is 0 Å². The Morgan fingerprint density at radius 3 is 2.93 bits per heavy atom. The minimum absolute atomic E-state index is 0. The molecule has 1 saturated heterocycles. The van der Waals surface area contributed by atoms with Gasteiger partial charge in [0.15, 0.2) is 0 Å². The van der Waals surface area contributed by atoms with Gasteiger partial charge in [-0.3, -0.25) is 4.79 Å². The van der Waals surface area contributed by atoms with Gasteiger partial charge in [-0.05, 0) is 26.3 Å². The van der Waals surface area contributed by atoms with Crippen LogP contribution in [0.1, 0.15) is 19.8 Å². The lowest BCUT2D eigenvalue weighted by atomic mass is 9.98. The van der Waals surface area contributed by atoms with E-state index in [0.29, 0.717) is 6.61 Å². The van der Waals surface area contributed by atoms with E-state index < -0.39 is 0 Å². The lowest BCUT2D eigenvalue weighted by Crippen LogP contribution is -2.44. The Morgan fingerprint density at radius 2 is 2.40 bits per heavy atom. The summed E-state index contributed by atoms with van der Waals surface area (Å²) in [6.45, 7) is 4.38. The third kappa shape index (κ3) is 5.35. The van der Waals surface area contributed by atoms with Crippen LogP contribution in [0.25, 0.3) is 0 Å². The minimum Gasteiger partial charge on any atom is -0.383 e. The highest BCUT2D eigenvalue weighted by molar-refractivity contribution is 5.85. The zero-order valence-electron chi connectivity index (χ0n) is 9.41. The summed E-state index contributed by atoms with van der Waals surface area (Å²) in [7, 11) is 1.64. The van der Waals surface area contributed by atoms with Crippen LogP contribution >= 0.6 is 12.4 Å². The van der Waals surface area contributed by atoms with Crippen molar-refractivity contribution in [1.29, 1.82) is 0 Å². The summed E-state index contributed by atoms with van der Waals surface area (Å²) in [6.07, 6.45) is 2.09. The Labute approximate surface area is 97.5 Å². The first-order valence-corrected chi connectivity index (χ1v) is 5.24. The molecule has 0 unspecified atom stereocenters. The van der Waals surface area contributed by atoms with Crippen LogP contribution in [0.4, 0.5) is 0 Å². The first-order valence-electron chi connectivity index (χ1n) is 5.24. The number of rotatable bonds is 4. The summed E-state index contributed by atoms with van der Waals surface area (Å²) in [4.78, 5) is 11.7. The maximum Gasteiger partial charge on any atom is 0.224 e. The molecule has 0 aliphatic carbocycles. The number of piperidine rings is 1. The van der Waals surface area contributed by atoms with Gasteiger partial charge in [-0.25, -0.2) is 0 Å². The third-order valence-electron chi connectivity index (χ3n) is 2.47. The molecule has 1 amide bonds. The lowest BCUT2D eigenvalue weighted by Gasteiger charge is -2.23. The average Bonchev–Trinajstić information content (AvgIpc) is 2.19. The fourth-order valence-corrected chi connectivity index (χ4v) is 1.73. The highest BCUT2D eigenvalue weighted by Gasteiger charge is 2.21. The SMILES string of the molecule is COC[C@@H](C)NC(=O)[C@@H]1CCCNC1.Cl. The minimum atomic E-state index is 0. The van der Waals surface area contributed by atoms with Crippen LogP contribution in [0, 0.1) is 5.92 Å². The second-order valence-corrected chi connectivity index (χ2v) is 3.91. The third-order valence-corrected chi connectivity index (χ3v) is 2.47. The number of amides is 1. The number of hydrogen-bond donors (Lipinski definition) is 2. The van der Waals surface area contributed by atoms with E-state index in [0.717, 1.165) is 25.9 Å². The van der Waals surface area contributed by atoms with Gasteiger partial charge in [0.2, 0.25) is 5.91 Å². The van der Waals surface area contributed by atoms with Gasteiger partial charge in [0, 0.05) is 19.7 Å². The van der Waals surface area contributed by atoms with E-state index in [9.17, 15) is 4.79 Å². The molecule has 0 aromatic carbocycles. The standard InChI is InChI=1S/C10H20N2O2.ClH/c1-8(7-14-2)12-10(13)9-4-3-5-11-6-9;/h8-9,11H,3-7H2,1-2H3,(H,12,13);1H/t8-,9-;/m1./s1. The number of carbonyl (C=O) groups excluding carboxylic acids is 1. The van der Waals surface area contributed by atoms with E-state index in [1.165, 1.54) is 0 Å². The van der Waals surface area contributed by atoms with Crippen LogP contribution in [0.3, 0.4) is 0 Å². The van der Waals surface area contributed by atoms with Crippen LogP contribution in [0.15, 0.2) is 0 Å². The molecule has 0 saturated carbocycles. The Hall–Kier alpha value is -0.320. The normalized spacial score (nSPS) is 22.7. The number of carbonyl (C=O) groups is 1. The van der Waals surface area contributed by atoms with E-state index in [4.69, 9.17) is 4.74 Å². The van der Waals surface area contributed by atoms with Gasteiger partial charge in [0.1, 0.15) is 0 Å². The lowest BCUT2D eigenvalue weighted by molar-refractivity contribution is -0.126. The number of nitrogens with one attached hydrogen (secondary N) is 2. The molecule has 4 nitrogen and oxygen atoms in total. The summed E-state index contributed by atoms with van der Waals surface area (Å²) in [5.41, 5.74) is 0. The molecule has 0 radical (unpaired) electrons. The van der Waals surface area contributed by atoms with Gasteiger partial charge in [0.05, 0.1) is 12.5 Å². The summed E-state index contributed by atoms with van der Waals surface area (Å²) >= 11 is 0. The van der Waals surface area contributed by atoms with Crippen molar-refractivity contribution < 1.29 is 9.53 Å². The van der Waals surface area contributed by atoms with Crippen LogP contribution in [-0.4, -0.2) is 38.8 Å². The zero-order chi connectivity index (χ0) is 10.4. The molecule has 2 atom stereocenters. The summed E-state index contributed by atoms with van der Waals surface area (Å²) < 4.78 is 4.96. The van der Waals surface area contributed by atoms with Crippen LogP contribution in [0.2, 0.25) is 0 Å². The van der Waals surface area contributed by atoms with Crippen LogP contribution in [0.5, 0.6) is 0 Å². The molecular formula is C10H21ClN2O2. The molecule has 90 valence electrons. The van der Waals surface area contributed by atoms with Gasteiger partial charge < -0.3 is 15.4 Å². The Bertz CT molecular complexity index is 184. The molecule has 2 N–H and O–H groups in total. The van der Waals surface area contributed by atoms with Gasteiger partial charge in [0.25, 0.3) is 0 Å². The number of halogens is 1. The topological polar surface area (TPSA) is 50.4 Å². The second kappa shape index (κ2) is 7.91.